The predicted octanol–water partition coefficient (Wildman–Crippen LogP) is 3.54. The summed E-state index contributed by atoms with van der Waals surface area (Å²) < 4.78 is 37.9. The third-order valence-electron chi connectivity index (χ3n) is 4.47. The Balaban J connectivity index is 1.85. The molecule has 0 spiro atoms. The lowest BCUT2D eigenvalue weighted by Crippen LogP contribution is -2.40. The molecule has 5 nitrogen and oxygen atoms in total. The number of halogens is 3. The molecule has 0 saturated carbocycles. The standard InChI is InChI=1S/C19H14F3N3O2/c1-18(15-4-2-3-13(9-15)10-23)16(26)25(17(27)24-18)11-12-5-7-14(8-6-12)19(20,21)22/h2-9H,11H2,1H3,(H,24,27). The van der Waals surface area contributed by atoms with Gasteiger partial charge in [0.05, 0.1) is 23.7 Å². The van der Waals surface area contributed by atoms with Gasteiger partial charge in [0, 0.05) is 0 Å². The summed E-state index contributed by atoms with van der Waals surface area (Å²) in [6.07, 6.45) is -4.45. The lowest BCUT2D eigenvalue weighted by Gasteiger charge is -2.22. The van der Waals surface area contributed by atoms with Crippen LogP contribution in [0.5, 0.6) is 0 Å². The number of nitrogens with one attached hydrogen (secondary N) is 1. The molecule has 138 valence electrons. The van der Waals surface area contributed by atoms with Gasteiger partial charge in [-0.3, -0.25) is 9.69 Å². The summed E-state index contributed by atoms with van der Waals surface area (Å²) in [6.45, 7) is 1.37. The van der Waals surface area contributed by atoms with Crippen molar-refractivity contribution < 1.29 is 22.8 Å². The molecule has 0 aromatic heterocycles. The maximum absolute atomic E-state index is 12.8. The highest BCUT2D eigenvalue weighted by Gasteiger charge is 2.49. The number of nitriles is 1. The van der Waals surface area contributed by atoms with Crippen molar-refractivity contribution in [3.05, 3.63) is 70.8 Å². The van der Waals surface area contributed by atoms with Crippen LogP contribution < -0.4 is 5.32 Å². The maximum atomic E-state index is 12.8. The number of amides is 3. The lowest BCUT2D eigenvalue weighted by molar-refractivity contribution is -0.137. The number of nitrogens with zero attached hydrogens (tertiary/aromatic N) is 2. The molecule has 1 heterocycles. The smallest absolute Gasteiger partial charge is 0.319 e. The molecular weight excluding hydrogens is 359 g/mol. The zero-order valence-corrected chi connectivity index (χ0v) is 14.2. The topological polar surface area (TPSA) is 73.2 Å². The van der Waals surface area contributed by atoms with E-state index in [-0.39, 0.29) is 6.54 Å². The average Bonchev–Trinajstić information content (AvgIpc) is 2.85. The lowest BCUT2D eigenvalue weighted by atomic mass is 9.91. The van der Waals surface area contributed by atoms with Gasteiger partial charge in [-0.15, -0.1) is 0 Å². The molecule has 0 radical (unpaired) electrons. The highest BCUT2D eigenvalue weighted by molar-refractivity contribution is 6.07. The summed E-state index contributed by atoms with van der Waals surface area (Å²) >= 11 is 0. The minimum atomic E-state index is -4.45. The number of carbonyl (C=O) groups is 2. The molecule has 3 rings (SSSR count). The highest BCUT2D eigenvalue weighted by Crippen LogP contribution is 2.32. The number of hydrogen-bond donors (Lipinski definition) is 1. The molecule has 3 amide bonds. The number of carbonyl (C=O) groups excluding carboxylic acids is 2. The fourth-order valence-corrected chi connectivity index (χ4v) is 2.92. The van der Waals surface area contributed by atoms with Crippen LogP contribution in [0.15, 0.2) is 48.5 Å². The van der Waals surface area contributed by atoms with Crippen LogP contribution in [0, 0.1) is 11.3 Å². The monoisotopic (exact) mass is 373 g/mol. The summed E-state index contributed by atoms with van der Waals surface area (Å²) in [4.78, 5) is 26.1. The fourth-order valence-electron chi connectivity index (χ4n) is 2.92. The van der Waals surface area contributed by atoms with E-state index in [2.05, 4.69) is 5.32 Å². The molecule has 1 aliphatic rings. The minimum Gasteiger partial charge on any atom is -0.319 e. The molecule has 1 saturated heterocycles. The van der Waals surface area contributed by atoms with Gasteiger partial charge in [0.2, 0.25) is 0 Å². The average molecular weight is 373 g/mol. The molecule has 0 bridgehead atoms. The Hall–Kier alpha value is -3.34. The number of urea groups is 1. The first kappa shape index (κ1) is 18.5. The van der Waals surface area contributed by atoms with Crippen LogP contribution in [-0.4, -0.2) is 16.8 Å². The van der Waals surface area contributed by atoms with Crippen LogP contribution >= 0.6 is 0 Å². The van der Waals surface area contributed by atoms with E-state index in [9.17, 15) is 22.8 Å². The van der Waals surface area contributed by atoms with E-state index in [0.29, 0.717) is 16.7 Å². The van der Waals surface area contributed by atoms with Gasteiger partial charge in [0.1, 0.15) is 5.54 Å². The van der Waals surface area contributed by atoms with E-state index in [1.54, 1.807) is 18.2 Å². The van der Waals surface area contributed by atoms with Gasteiger partial charge in [0.15, 0.2) is 0 Å². The van der Waals surface area contributed by atoms with Crippen molar-refractivity contribution in [2.75, 3.05) is 0 Å². The van der Waals surface area contributed by atoms with Crippen LogP contribution in [0.2, 0.25) is 0 Å². The SMILES string of the molecule is CC1(c2cccc(C#N)c2)NC(=O)N(Cc2ccc(C(F)(F)F)cc2)C1=O. The molecular formula is C19H14F3N3O2. The second-order valence-corrected chi connectivity index (χ2v) is 6.33. The number of benzene rings is 2. The van der Waals surface area contributed by atoms with Gasteiger partial charge in [-0.05, 0) is 42.3 Å². The molecule has 1 aliphatic heterocycles. The van der Waals surface area contributed by atoms with Crippen molar-refractivity contribution in [1.82, 2.24) is 10.2 Å². The maximum Gasteiger partial charge on any atom is 0.416 e. The third kappa shape index (κ3) is 3.36. The first-order valence-electron chi connectivity index (χ1n) is 7.96. The molecule has 1 atom stereocenters. The van der Waals surface area contributed by atoms with Crippen LogP contribution in [0.25, 0.3) is 0 Å². The van der Waals surface area contributed by atoms with Gasteiger partial charge in [-0.2, -0.15) is 18.4 Å². The van der Waals surface area contributed by atoms with Crippen molar-refractivity contribution in [1.29, 1.82) is 5.26 Å². The van der Waals surface area contributed by atoms with Crippen molar-refractivity contribution in [2.24, 2.45) is 0 Å². The van der Waals surface area contributed by atoms with E-state index in [1.807, 2.05) is 6.07 Å². The number of rotatable bonds is 3. The first-order valence-corrected chi connectivity index (χ1v) is 7.96. The Labute approximate surface area is 153 Å². The Kier molecular flexibility index (Phi) is 4.39. The molecule has 2 aromatic carbocycles. The van der Waals surface area contributed by atoms with Crippen molar-refractivity contribution in [3.8, 4) is 6.07 Å². The Morgan fingerprint density at radius 2 is 1.81 bits per heavy atom. The molecule has 8 heteroatoms. The third-order valence-corrected chi connectivity index (χ3v) is 4.47. The summed E-state index contributed by atoms with van der Waals surface area (Å²) in [5, 5.41) is 11.6. The second kappa shape index (κ2) is 6.43. The molecule has 2 aromatic rings. The number of hydrogen-bond acceptors (Lipinski definition) is 3. The largest absolute Gasteiger partial charge is 0.416 e. The van der Waals surface area contributed by atoms with Gasteiger partial charge >= 0.3 is 12.2 Å². The summed E-state index contributed by atoms with van der Waals surface area (Å²) in [5.74, 6) is -0.539. The molecule has 1 N–H and O–H groups in total. The Morgan fingerprint density at radius 3 is 2.41 bits per heavy atom. The summed E-state index contributed by atoms with van der Waals surface area (Å²) in [6, 6.07) is 11.9. The van der Waals surface area contributed by atoms with E-state index in [0.717, 1.165) is 17.0 Å². The molecule has 27 heavy (non-hydrogen) atoms. The second-order valence-electron chi connectivity index (χ2n) is 6.33. The fraction of sp³-hybridized carbons (Fsp3) is 0.211. The zero-order valence-electron chi connectivity index (χ0n) is 14.2. The van der Waals surface area contributed by atoms with E-state index in [4.69, 9.17) is 5.26 Å². The predicted molar refractivity (Wildman–Crippen MR) is 89.0 cm³/mol. The van der Waals surface area contributed by atoms with Crippen molar-refractivity contribution in [3.63, 3.8) is 0 Å². The van der Waals surface area contributed by atoms with Gasteiger partial charge in [0.25, 0.3) is 5.91 Å². The molecule has 1 unspecified atom stereocenters. The van der Waals surface area contributed by atoms with E-state index >= 15 is 0 Å². The molecule has 0 aliphatic carbocycles. The minimum absolute atomic E-state index is 0.156. The normalized spacial score (nSPS) is 19.7. The first-order chi connectivity index (χ1) is 12.6. The van der Waals surface area contributed by atoms with Crippen LogP contribution in [0.1, 0.15) is 29.2 Å². The summed E-state index contributed by atoms with van der Waals surface area (Å²) in [7, 11) is 0. The number of imide groups is 1. The van der Waals surface area contributed by atoms with Gasteiger partial charge in [-0.25, -0.2) is 4.79 Å². The van der Waals surface area contributed by atoms with E-state index < -0.39 is 29.2 Å². The highest BCUT2D eigenvalue weighted by atomic mass is 19.4. The van der Waals surface area contributed by atoms with Crippen LogP contribution in [0.3, 0.4) is 0 Å². The van der Waals surface area contributed by atoms with E-state index in [1.165, 1.54) is 25.1 Å². The Bertz CT molecular complexity index is 948. The number of alkyl halides is 3. The van der Waals surface area contributed by atoms with Crippen molar-refractivity contribution in [2.45, 2.75) is 25.2 Å². The van der Waals surface area contributed by atoms with Crippen LogP contribution in [0.4, 0.5) is 18.0 Å². The van der Waals surface area contributed by atoms with Crippen LogP contribution in [-0.2, 0) is 23.1 Å². The summed E-state index contributed by atoms with van der Waals surface area (Å²) in [5.41, 5.74) is -0.967. The Morgan fingerprint density at radius 1 is 1.15 bits per heavy atom. The van der Waals surface area contributed by atoms with Crippen molar-refractivity contribution >= 4 is 11.9 Å². The van der Waals surface area contributed by atoms with Gasteiger partial charge in [-0.1, -0.05) is 24.3 Å². The molecule has 1 fully saturated rings. The quantitative estimate of drug-likeness (QED) is 0.837. The zero-order chi connectivity index (χ0) is 19.8. The van der Waals surface area contributed by atoms with Gasteiger partial charge < -0.3 is 5.32 Å².